The number of hydrogen-bond donors (Lipinski definition) is 3. The molecule has 0 radical (unpaired) electrons. The van der Waals surface area contributed by atoms with E-state index in [1.807, 2.05) is 31.2 Å². The molecule has 4 rings (SSSR count). The van der Waals surface area contributed by atoms with E-state index in [-0.39, 0.29) is 16.4 Å². The fourth-order valence-electron chi connectivity index (χ4n) is 4.04. The SMILES string of the molecule is Cc1cccc(/C=C(\NC(=O)c2ccccc2)C(=O)Nc2ccc(SC(C)C(=O)Nc3ccc(Cl)cc3C(F)(F)F)cc2)c1. The summed E-state index contributed by atoms with van der Waals surface area (Å²) < 4.78 is 40.2. The van der Waals surface area contributed by atoms with Gasteiger partial charge in [-0.25, -0.2) is 0 Å². The van der Waals surface area contributed by atoms with Crippen LogP contribution in [-0.4, -0.2) is 23.0 Å². The lowest BCUT2D eigenvalue weighted by Crippen LogP contribution is -2.30. The highest BCUT2D eigenvalue weighted by Crippen LogP contribution is 2.37. The molecule has 4 aromatic carbocycles. The predicted octanol–water partition coefficient (Wildman–Crippen LogP) is 8.20. The highest BCUT2D eigenvalue weighted by atomic mass is 35.5. The third-order valence-electron chi connectivity index (χ3n) is 6.22. The van der Waals surface area contributed by atoms with Crippen LogP contribution in [0.2, 0.25) is 5.02 Å². The molecule has 0 aliphatic rings. The first-order valence-corrected chi connectivity index (χ1v) is 14.6. The van der Waals surface area contributed by atoms with Crippen molar-refractivity contribution in [3.63, 3.8) is 0 Å². The quantitative estimate of drug-likeness (QED) is 0.128. The Hall–Kier alpha value is -4.54. The van der Waals surface area contributed by atoms with Gasteiger partial charge in [-0.2, -0.15) is 13.2 Å². The van der Waals surface area contributed by atoms with Crippen LogP contribution in [0, 0.1) is 6.92 Å². The lowest BCUT2D eigenvalue weighted by Gasteiger charge is -2.17. The number of anilines is 2. The van der Waals surface area contributed by atoms with Crippen LogP contribution >= 0.6 is 23.4 Å². The van der Waals surface area contributed by atoms with Crippen molar-refractivity contribution in [2.75, 3.05) is 10.6 Å². The minimum Gasteiger partial charge on any atom is -0.325 e. The first kappa shape index (κ1) is 32.4. The maximum atomic E-state index is 13.4. The molecular weight excluding hydrogens is 611 g/mol. The van der Waals surface area contributed by atoms with Crippen molar-refractivity contribution in [3.05, 3.63) is 130 Å². The Morgan fingerprint density at radius 1 is 0.864 bits per heavy atom. The van der Waals surface area contributed by atoms with Gasteiger partial charge in [-0.05, 0) is 80.1 Å². The summed E-state index contributed by atoms with van der Waals surface area (Å²) in [5, 5.41) is 6.94. The standard InChI is InChI=1S/C33H27ClF3N3O3S/c1-20-7-6-8-22(17-20)18-29(40-31(42)23-9-4-3-5-10-23)32(43)38-25-12-14-26(15-13-25)44-21(2)30(41)39-28-16-11-24(34)19-27(28)33(35,36)37/h3-19,21H,1-2H3,(H,38,43)(H,39,41)(H,40,42)/b29-18-. The summed E-state index contributed by atoms with van der Waals surface area (Å²) in [7, 11) is 0. The van der Waals surface area contributed by atoms with Crippen molar-refractivity contribution in [2.45, 2.75) is 30.2 Å². The number of hydrogen-bond acceptors (Lipinski definition) is 4. The Morgan fingerprint density at radius 2 is 1.57 bits per heavy atom. The molecule has 3 amide bonds. The minimum absolute atomic E-state index is 0.0358. The van der Waals surface area contributed by atoms with Gasteiger partial charge in [-0.3, -0.25) is 14.4 Å². The molecule has 0 saturated heterocycles. The number of carbonyl (C=O) groups is 3. The summed E-state index contributed by atoms with van der Waals surface area (Å²) in [5.41, 5.74) is 1.14. The number of alkyl halides is 3. The van der Waals surface area contributed by atoms with Gasteiger partial charge in [0.2, 0.25) is 5.91 Å². The second-order valence-electron chi connectivity index (χ2n) is 9.71. The molecule has 1 unspecified atom stereocenters. The molecule has 3 N–H and O–H groups in total. The molecule has 6 nitrogen and oxygen atoms in total. The monoisotopic (exact) mass is 637 g/mol. The van der Waals surface area contributed by atoms with Gasteiger partial charge in [0.25, 0.3) is 11.8 Å². The Kier molecular flexibility index (Phi) is 10.5. The van der Waals surface area contributed by atoms with E-state index in [4.69, 9.17) is 11.6 Å². The molecule has 0 spiro atoms. The van der Waals surface area contributed by atoms with E-state index in [1.165, 1.54) is 6.07 Å². The van der Waals surface area contributed by atoms with Crippen molar-refractivity contribution in [3.8, 4) is 0 Å². The van der Waals surface area contributed by atoms with E-state index in [2.05, 4.69) is 16.0 Å². The zero-order valence-corrected chi connectivity index (χ0v) is 25.1. The predicted molar refractivity (Wildman–Crippen MR) is 169 cm³/mol. The van der Waals surface area contributed by atoms with Crippen LogP contribution in [0.15, 0.2) is 108 Å². The summed E-state index contributed by atoms with van der Waals surface area (Å²) in [6.07, 6.45) is -3.11. The van der Waals surface area contributed by atoms with Gasteiger partial charge in [0.1, 0.15) is 5.70 Å². The van der Waals surface area contributed by atoms with Gasteiger partial charge in [0.05, 0.1) is 16.5 Å². The van der Waals surface area contributed by atoms with Crippen molar-refractivity contribution in [1.29, 1.82) is 0 Å². The summed E-state index contributed by atoms with van der Waals surface area (Å²) in [6, 6.07) is 25.7. The average molecular weight is 638 g/mol. The molecule has 0 fully saturated rings. The summed E-state index contributed by atoms with van der Waals surface area (Å²) >= 11 is 6.85. The largest absolute Gasteiger partial charge is 0.418 e. The fourth-order valence-corrected chi connectivity index (χ4v) is 5.08. The molecule has 11 heteroatoms. The van der Waals surface area contributed by atoms with Crippen LogP contribution in [0.1, 0.15) is 34.0 Å². The van der Waals surface area contributed by atoms with Crippen molar-refractivity contribution in [1.82, 2.24) is 5.32 Å². The third-order valence-corrected chi connectivity index (χ3v) is 7.57. The fraction of sp³-hybridized carbons (Fsp3) is 0.121. The first-order chi connectivity index (χ1) is 20.9. The number of halogens is 4. The van der Waals surface area contributed by atoms with E-state index in [0.29, 0.717) is 16.1 Å². The molecule has 0 aromatic heterocycles. The number of nitrogens with one attached hydrogen (secondary N) is 3. The smallest absolute Gasteiger partial charge is 0.325 e. The van der Waals surface area contributed by atoms with Crippen LogP contribution in [0.3, 0.4) is 0 Å². The Labute approximate surface area is 261 Å². The number of rotatable bonds is 9. The van der Waals surface area contributed by atoms with E-state index >= 15 is 0 Å². The van der Waals surface area contributed by atoms with Crippen molar-refractivity contribution in [2.24, 2.45) is 0 Å². The number of amides is 3. The highest BCUT2D eigenvalue weighted by Gasteiger charge is 2.34. The Bertz CT molecular complexity index is 1690. The molecule has 4 aromatic rings. The van der Waals surface area contributed by atoms with Crippen LogP contribution in [0.4, 0.5) is 24.5 Å². The lowest BCUT2D eigenvalue weighted by atomic mass is 10.1. The summed E-state index contributed by atoms with van der Waals surface area (Å²) in [6.45, 7) is 3.48. The van der Waals surface area contributed by atoms with Crippen LogP contribution in [0.5, 0.6) is 0 Å². The topological polar surface area (TPSA) is 87.3 Å². The van der Waals surface area contributed by atoms with Gasteiger partial charge in [-0.15, -0.1) is 11.8 Å². The molecule has 0 bridgehead atoms. The van der Waals surface area contributed by atoms with Gasteiger partial charge in [0.15, 0.2) is 0 Å². The molecule has 1 atom stereocenters. The zero-order chi connectivity index (χ0) is 31.9. The van der Waals surface area contributed by atoms with Crippen molar-refractivity contribution >= 4 is 58.5 Å². The normalized spacial score (nSPS) is 12.3. The van der Waals surface area contributed by atoms with Gasteiger partial charge in [-0.1, -0.05) is 59.6 Å². The second kappa shape index (κ2) is 14.3. The second-order valence-corrected chi connectivity index (χ2v) is 11.6. The van der Waals surface area contributed by atoms with E-state index in [1.54, 1.807) is 67.6 Å². The van der Waals surface area contributed by atoms with E-state index in [9.17, 15) is 27.6 Å². The maximum Gasteiger partial charge on any atom is 0.418 e. The first-order valence-electron chi connectivity index (χ1n) is 13.3. The number of aryl methyl sites for hydroxylation is 1. The summed E-state index contributed by atoms with van der Waals surface area (Å²) in [4.78, 5) is 39.5. The van der Waals surface area contributed by atoms with Crippen LogP contribution < -0.4 is 16.0 Å². The third kappa shape index (κ3) is 8.98. The van der Waals surface area contributed by atoms with Crippen LogP contribution in [0.25, 0.3) is 6.08 Å². The average Bonchev–Trinajstić information content (AvgIpc) is 2.98. The Balaban J connectivity index is 1.44. The Morgan fingerprint density at radius 3 is 2.23 bits per heavy atom. The molecule has 0 saturated carbocycles. The van der Waals surface area contributed by atoms with E-state index < -0.39 is 34.7 Å². The maximum absolute atomic E-state index is 13.4. The molecule has 0 aliphatic heterocycles. The molecule has 0 aliphatic carbocycles. The number of benzene rings is 4. The lowest BCUT2D eigenvalue weighted by molar-refractivity contribution is -0.137. The molecular formula is C33H27ClF3N3O3S. The van der Waals surface area contributed by atoms with E-state index in [0.717, 1.165) is 35.0 Å². The van der Waals surface area contributed by atoms with Crippen LogP contribution in [-0.2, 0) is 15.8 Å². The van der Waals surface area contributed by atoms with Gasteiger partial charge < -0.3 is 16.0 Å². The van der Waals surface area contributed by atoms with Gasteiger partial charge in [0, 0.05) is 21.2 Å². The summed E-state index contributed by atoms with van der Waals surface area (Å²) in [5.74, 6) is -1.62. The zero-order valence-electron chi connectivity index (χ0n) is 23.5. The molecule has 44 heavy (non-hydrogen) atoms. The van der Waals surface area contributed by atoms with Gasteiger partial charge >= 0.3 is 6.18 Å². The minimum atomic E-state index is -4.69. The highest BCUT2D eigenvalue weighted by molar-refractivity contribution is 8.00. The molecule has 0 heterocycles. The number of carbonyl (C=O) groups excluding carboxylic acids is 3. The number of thioether (sulfide) groups is 1. The van der Waals surface area contributed by atoms with Crippen molar-refractivity contribution < 1.29 is 27.6 Å². The molecule has 226 valence electrons.